The summed E-state index contributed by atoms with van der Waals surface area (Å²) < 4.78 is 6.11. The first kappa shape index (κ1) is 10.3. The van der Waals surface area contributed by atoms with Crippen molar-refractivity contribution in [2.24, 2.45) is 0 Å². The van der Waals surface area contributed by atoms with Crippen molar-refractivity contribution in [2.75, 3.05) is 31.2 Å². The van der Waals surface area contributed by atoms with Crippen molar-refractivity contribution >= 4 is 17.4 Å². The second kappa shape index (κ2) is 4.08. The van der Waals surface area contributed by atoms with Crippen LogP contribution >= 0.6 is 11.6 Å². The highest BCUT2D eigenvalue weighted by molar-refractivity contribution is 6.33. The largest absolute Gasteiger partial charge is 0.378 e. The van der Waals surface area contributed by atoms with Gasteiger partial charge in [0, 0.05) is 13.1 Å². The van der Waals surface area contributed by atoms with Gasteiger partial charge in [0.1, 0.15) is 0 Å². The second-order valence-corrected chi connectivity index (χ2v) is 3.58. The lowest BCUT2D eigenvalue weighted by molar-refractivity contribution is -0.539. The number of hydrogen-bond donors (Lipinski definition) is 0. The van der Waals surface area contributed by atoms with Crippen LogP contribution in [0.25, 0.3) is 0 Å². The fourth-order valence-electron chi connectivity index (χ4n) is 1.59. The third-order valence-electron chi connectivity index (χ3n) is 2.28. The quantitative estimate of drug-likeness (QED) is 0.563. The number of nitrogens with zero attached hydrogens (tertiary/aromatic N) is 3. The van der Waals surface area contributed by atoms with Crippen LogP contribution in [0.4, 0.5) is 5.82 Å². The van der Waals surface area contributed by atoms with E-state index in [1.165, 1.54) is 12.3 Å². The standard InChI is InChI=1S/C8H10ClN3O3/c9-7-1-2-11(12(13)14)8(7)10-3-5-15-6-4-10/h1-2H,3-6H2. The van der Waals surface area contributed by atoms with Gasteiger partial charge in [-0.25, -0.2) is 10.1 Å². The van der Waals surface area contributed by atoms with E-state index in [1.807, 2.05) is 4.90 Å². The summed E-state index contributed by atoms with van der Waals surface area (Å²) in [4.78, 5) is 12.6. The lowest BCUT2D eigenvalue weighted by atomic mass is 10.4. The number of aromatic nitrogens is 1. The summed E-state index contributed by atoms with van der Waals surface area (Å²) in [6, 6.07) is 1.52. The van der Waals surface area contributed by atoms with Crippen LogP contribution in [0.15, 0.2) is 12.3 Å². The molecule has 1 fully saturated rings. The van der Waals surface area contributed by atoms with Crippen molar-refractivity contribution in [3.63, 3.8) is 0 Å². The molecular weight excluding hydrogens is 222 g/mol. The Balaban J connectivity index is 2.32. The molecule has 0 aromatic carbocycles. The van der Waals surface area contributed by atoms with Crippen LogP contribution in [0.3, 0.4) is 0 Å². The maximum atomic E-state index is 10.7. The normalized spacial score (nSPS) is 16.7. The molecule has 1 aliphatic rings. The van der Waals surface area contributed by atoms with Gasteiger partial charge in [-0.1, -0.05) is 16.3 Å². The number of morpholine rings is 1. The molecule has 2 heterocycles. The molecule has 1 aromatic rings. The van der Waals surface area contributed by atoms with Gasteiger partial charge < -0.3 is 9.64 Å². The Morgan fingerprint density at radius 2 is 2.13 bits per heavy atom. The predicted octanol–water partition coefficient (Wildman–Crippen LogP) is 1.02. The van der Waals surface area contributed by atoms with E-state index in [1.54, 1.807) is 0 Å². The number of hydrogen-bond acceptors (Lipinski definition) is 4. The van der Waals surface area contributed by atoms with Crippen LogP contribution in [-0.2, 0) is 4.74 Å². The Bertz CT molecular complexity index is 373. The summed E-state index contributed by atoms with van der Waals surface area (Å²) in [5, 5.41) is 10.6. The fourth-order valence-corrected chi connectivity index (χ4v) is 1.86. The van der Waals surface area contributed by atoms with Gasteiger partial charge in [-0.05, 0) is 6.07 Å². The molecule has 0 saturated carbocycles. The molecular formula is C8H10ClN3O3. The molecule has 0 N–H and O–H groups in total. The van der Waals surface area contributed by atoms with E-state index >= 15 is 0 Å². The van der Waals surface area contributed by atoms with Crippen molar-refractivity contribution in [1.82, 2.24) is 4.68 Å². The highest BCUT2D eigenvalue weighted by Gasteiger charge is 2.22. The zero-order valence-corrected chi connectivity index (χ0v) is 8.68. The highest BCUT2D eigenvalue weighted by Crippen LogP contribution is 2.27. The lowest BCUT2D eigenvalue weighted by Gasteiger charge is -2.27. The number of ether oxygens (including phenoxy) is 1. The number of halogens is 1. The summed E-state index contributed by atoms with van der Waals surface area (Å²) in [5.74, 6) is 0.435. The van der Waals surface area contributed by atoms with Crippen LogP contribution in [0.1, 0.15) is 0 Å². The Labute approximate surface area is 91.1 Å². The zero-order valence-electron chi connectivity index (χ0n) is 7.93. The molecule has 6 nitrogen and oxygen atoms in total. The second-order valence-electron chi connectivity index (χ2n) is 3.17. The summed E-state index contributed by atoms with van der Waals surface area (Å²) in [7, 11) is 0. The summed E-state index contributed by atoms with van der Waals surface area (Å²) >= 11 is 5.91. The average molecular weight is 232 g/mol. The van der Waals surface area contributed by atoms with E-state index in [-0.39, 0.29) is 0 Å². The van der Waals surface area contributed by atoms with E-state index in [2.05, 4.69) is 0 Å². The van der Waals surface area contributed by atoms with Crippen molar-refractivity contribution < 1.29 is 9.77 Å². The van der Waals surface area contributed by atoms with Gasteiger partial charge in [0.05, 0.1) is 24.4 Å². The predicted molar refractivity (Wildman–Crippen MR) is 54.9 cm³/mol. The minimum Gasteiger partial charge on any atom is -0.378 e. The summed E-state index contributed by atoms with van der Waals surface area (Å²) in [6.45, 7) is 2.38. The molecule has 0 bridgehead atoms. The first-order valence-corrected chi connectivity index (χ1v) is 4.92. The van der Waals surface area contributed by atoms with Gasteiger partial charge in [-0.3, -0.25) is 0 Å². The van der Waals surface area contributed by atoms with Gasteiger partial charge in [-0.2, -0.15) is 0 Å². The van der Waals surface area contributed by atoms with Crippen LogP contribution < -0.4 is 4.90 Å². The molecule has 1 aromatic heterocycles. The van der Waals surface area contributed by atoms with E-state index < -0.39 is 5.03 Å². The minimum atomic E-state index is -0.489. The lowest BCUT2D eigenvalue weighted by Crippen LogP contribution is -2.38. The Hall–Kier alpha value is -1.27. The molecule has 1 aliphatic heterocycles. The summed E-state index contributed by atoms with van der Waals surface area (Å²) in [6.07, 6.45) is 1.35. The van der Waals surface area contributed by atoms with E-state index in [9.17, 15) is 10.1 Å². The number of nitro groups is 1. The van der Waals surface area contributed by atoms with E-state index in [4.69, 9.17) is 16.3 Å². The fraction of sp³-hybridized carbons (Fsp3) is 0.500. The van der Waals surface area contributed by atoms with Gasteiger partial charge >= 0.3 is 0 Å². The maximum absolute atomic E-state index is 10.7. The first-order valence-electron chi connectivity index (χ1n) is 4.54. The van der Waals surface area contributed by atoms with Crippen LogP contribution in [0.5, 0.6) is 0 Å². The van der Waals surface area contributed by atoms with Gasteiger partial charge in [0.25, 0.3) is 0 Å². The summed E-state index contributed by atoms with van der Waals surface area (Å²) in [5.41, 5.74) is 0. The smallest absolute Gasteiger partial charge is 0.195 e. The Kier molecular flexibility index (Phi) is 2.79. The number of anilines is 1. The molecule has 15 heavy (non-hydrogen) atoms. The third kappa shape index (κ3) is 1.91. The van der Waals surface area contributed by atoms with Gasteiger partial charge in [0.2, 0.25) is 0 Å². The van der Waals surface area contributed by atoms with Crippen molar-refractivity contribution in [1.29, 1.82) is 0 Å². The molecule has 0 radical (unpaired) electrons. The highest BCUT2D eigenvalue weighted by atomic mass is 35.5. The average Bonchev–Trinajstić information content (AvgIpc) is 2.61. The molecule has 0 unspecified atom stereocenters. The molecule has 0 spiro atoms. The molecule has 82 valence electrons. The van der Waals surface area contributed by atoms with E-state index in [0.717, 1.165) is 4.68 Å². The first-order chi connectivity index (χ1) is 7.20. The van der Waals surface area contributed by atoms with Crippen LogP contribution in [0.2, 0.25) is 5.02 Å². The SMILES string of the molecule is O=[N+]([O-])n1ccc(Cl)c1N1CCOCC1. The van der Waals surface area contributed by atoms with Crippen molar-refractivity contribution in [3.8, 4) is 0 Å². The Morgan fingerprint density at radius 3 is 2.73 bits per heavy atom. The molecule has 1 saturated heterocycles. The topological polar surface area (TPSA) is 60.5 Å². The van der Waals surface area contributed by atoms with Crippen LogP contribution in [0, 0.1) is 10.1 Å². The maximum Gasteiger partial charge on any atom is 0.195 e. The third-order valence-corrected chi connectivity index (χ3v) is 2.57. The molecule has 2 rings (SSSR count). The Morgan fingerprint density at radius 1 is 1.47 bits per heavy atom. The van der Waals surface area contributed by atoms with Crippen molar-refractivity contribution in [2.45, 2.75) is 0 Å². The van der Waals surface area contributed by atoms with Gasteiger partial charge in [-0.15, -0.1) is 0 Å². The monoisotopic (exact) mass is 231 g/mol. The van der Waals surface area contributed by atoms with E-state index in [0.29, 0.717) is 37.1 Å². The molecule has 7 heteroatoms. The van der Waals surface area contributed by atoms with Crippen LogP contribution in [-0.4, -0.2) is 36.0 Å². The van der Waals surface area contributed by atoms with Crippen molar-refractivity contribution in [3.05, 3.63) is 27.4 Å². The minimum absolute atomic E-state index is 0.397. The van der Waals surface area contributed by atoms with Gasteiger partial charge in [0.15, 0.2) is 10.9 Å². The molecule has 0 amide bonds. The number of rotatable bonds is 2. The zero-order chi connectivity index (χ0) is 10.8. The molecule has 0 aliphatic carbocycles. The molecule has 0 atom stereocenters.